The van der Waals surface area contributed by atoms with Gasteiger partial charge in [0.1, 0.15) is 5.69 Å². The Bertz CT molecular complexity index is 422. The molecule has 2 N–H and O–H groups in total. The summed E-state index contributed by atoms with van der Waals surface area (Å²) in [5.41, 5.74) is 5.55. The minimum atomic E-state index is -0.625. The Morgan fingerprint density at radius 1 is 1.75 bits per heavy atom. The zero-order valence-corrected chi connectivity index (χ0v) is 9.09. The van der Waals surface area contributed by atoms with Crippen LogP contribution >= 0.6 is 0 Å². The third kappa shape index (κ3) is 1.91. The summed E-state index contributed by atoms with van der Waals surface area (Å²) < 4.78 is 1.78. The van der Waals surface area contributed by atoms with Crippen LogP contribution in [-0.2, 0) is 6.54 Å². The minimum absolute atomic E-state index is 0.322. The van der Waals surface area contributed by atoms with Gasteiger partial charge in [-0.25, -0.2) is 9.78 Å². The molecule has 0 aliphatic heterocycles. The maximum Gasteiger partial charge on any atom is 0.320 e. The van der Waals surface area contributed by atoms with E-state index in [-0.39, 0.29) is 0 Å². The highest BCUT2D eigenvalue weighted by molar-refractivity contribution is 5.94. The molecule has 0 bridgehead atoms. The number of nitrogens with two attached hydrogens (primary N) is 1. The number of aldehydes is 1. The molecule has 0 spiro atoms. The van der Waals surface area contributed by atoms with E-state index in [1.54, 1.807) is 10.9 Å². The van der Waals surface area contributed by atoms with Crippen molar-refractivity contribution >= 4 is 18.1 Å². The fraction of sp³-hybridized carbons (Fsp3) is 0.500. The second kappa shape index (κ2) is 3.96. The van der Waals surface area contributed by atoms with Crippen LogP contribution in [0, 0.1) is 5.92 Å². The first-order valence-corrected chi connectivity index (χ1v) is 5.17. The summed E-state index contributed by atoms with van der Waals surface area (Å²) in [6.45, 7) is 0.785. The molecular formula is C10H14N4O2. The predicted octanol–water partition coefficient (Wildman–Crippen LogP) is 0.620. The molecule has 1 saturated carbocycles. The van der Waals surface area contributed by atoms with Crippen molar-refractivity contribution in [1.29, 1.82) is 0 Å². The van der Waals surface area contributed by atoms with Gasteiger partial charge in [0.25, 0.3) is 0 Å². The molecule has 0 radical (unpaired) electrons. The smallest absolute Gasteiger partial charge is 0.320 e. The number of rotatable bonds is 4. The summed E-state index contributed by atoms with van der Waals surface area (Å²) in [7, 11) is 1.50. The predicted molar refractivity (Wildman–Crippen MR) is 58.3 cm³/mol. The number of hydrogen-bond donors (Lipinski definition) is 1. The maximum atomic E-state index is 11.0. The number of hydrogen-bond acceptors (Lipinski definition) is 3. The van der Waals surface area contributed by atoms with Gasteiger partial charge in [-0.2, -0.15) is 0 Å². The number of primary amides is 1. The highest BCUT2D eigenvalue weighted by Crippen LogP contribution is 2.31. The molecule has 6 nitrogen and oxygen atoms in total. The van der Waals surface area contributed by atoms with Crippen molar-refractivity contribution in [2.75, 3.05) is 11.9 Å². The van der Waals surface area contributed by atoms with Crippen LogP contribution in [0.4, 0.5) is 10.6 Å². The van der Waals surface area contributed by atoms with Crippen LogP contribution in [0.15, 0.2) is 6.33 Å². The molecule has 86 valence electrons. The molecule has 2 amide bonds. The van der Waals surface area contributed by atoms with E-state index in [4.69, 9.17) is 5.73 Å². The van der Waals surface area contributed by atoms with Gasteiger partial charge in [0.2, 0.25) is 0 Å². The van der Waals surface area contributed by atoms with E-state index in [1.807, 2.05) is 0 Å². The number of imidazole rings is 1. The molecular weight excluding hydrogens is 208 g/mol. The summed E-state index contributed by atoms with van der Waals surface area (Å²) in [4.78, 5) is 27.2. The molecule has 2 rings (SSSR count). The standard InChI is InChI=1S/C10H14N4O2/c1-13(10(11)16)9-8(5-15)14(6-12-9)4-7-2-3-7/h5-7H,2-4H2,1H3,(H2,11,16). The van der Waals surface area contributed by atoms with E-state index >= 15 is 0 Å². The van der Waals surface area contributed by atoms with Crippen molar-refractivity contribution in [2.24, 2.45) is 11.7 Å². The molecule has 1 aromatic heterocycles. The zero-order chi connectivity index (χ0) is 11.7. The molecule has 1 heterocycles. The number of carbonyl (C=O) groups is 2. The summed E-state index contributed by atoms with van der Waals surface area (Å²) in [5.74, 6) is 0.961. The lowest BCUT2D eigenvalue weighted by atomic mass is 10.3. The van der Waals surface area contributed by atoms with Crippen LogP contribution in [-0.4, -0.2) is 28.9 Å². The molecule has 0 aromatic carbocycles. The van der Waals surface area contributed by atoms with Gasteiger partial charge in [0, 0.05) is 13.6 Å². The molecule has 16 heavy (non-hydrogen) atoms. The topological polar surface area (TPSA) is 81.2 Å². The van der Waals surface area contributed by atoms with Gasteiger partial charge in [-0.1, -0.05) is 0 Å². The van der Waals surface area contributed by atoms with Crippen molar-refractivity contribution in [3.05, 3.63) is 12.0 Å². The van der Waals surface area contributed by atoms with E-state index in [2.05, 4.69) is 4.98 Å². The van der Waals surface area contributed by atoms with Crippen LogP contribution in [0.5, 0.6) is 0 Å². The van der Waals surface area contributed by atoms with Gasteiger partial charge in [-0.15, -0.1) is 0 Å². The molecule has 0 atom stereocenters. The Balaban J connectivity index is 2.27. The number of carbonyl (C=O) groups excluding carboxylic acids is 2. The Kier molecular flexibility index (Phi) is 2.64. The van der Waals surface area contributed by atoms with Gasteiger partial charge in [0.15, 0.2) is 12.1 Å². The molecule has 0 saturated heterocycles. The molecule has 6 heteroatoms. The van der Waals surface area contributed by atoms with Gasteiger partial charge < -0.3 is 10.3 Å². The maximum absolute atomic E-state index is 11.0. The van der Waals surface area contributed by atoms with Crippen molar-refractivity contribution in [3.8, 4) is 0 Å². The highest BCUT2D eigenvalue weighted by atomic mass is 16.2. The first kappa shape index (κ1) is 10.7. The minimum Gasteiger partial charge on any atom is -0.351 e. The van der Waals surface area contributed by atoms with Crippen molar-refractivity contribution in [1.82, 2.24) is 9.55 Å². The van der Waals surface area contributed by atoms with Gasteiger partial charge >= 0.3 is 6.03 Å². The van der Waals surface area contributed by atoms with E-state index < -0.39 is 6.03 Å². The summed E-state index contributed by atoms with van der Waals surface area (Å²) in [6.07, 6.45) is 4.68. The van der Waals surface area contributed by atoms with E-state index in [9.17, 15) is 9.59 Å². The molecule has 0 unspecified atom stereocenters. The highest BCUT2D eigenvalue weighted by Gasteiger charge is 2.24. The summed E-state index contributed by atoms with van der Waals surface area (Å²) in [5, 5.41) is 0. The summed E-state index contributed by atoms with van der Waals surface area (Å²) in [6, 6.07) is -0.625. The average Bonchev–Trinajstić information content (AvgIpc) is 2.96. The van der Waals surface area contributed by atoms with Gasteiger partial charge in [0.05, 0.1) is 6.33 Å². The Morgan fingerprint density at radius 3 is 2.94 bits per heavy atom. The molecule has 1 aliphatic carbocycles. The lowest BCUT2D eigenvalue weighted by Crippen LogP contribution is -2.32. The Hall–Kier alpha value is -1.85. The average molecular weight is 222 g/mol. The first-order valence-electron chi connectivity index (χ1n) is 5.17. The molecule has 1 aromatic rings. The monoisotopic (exact) mass is 222 g/mol. The third-order valence-corrected chi connectivity index (χ3v) is 2.77. The lowest BCUT2D eigenvalue weighted by Gasteiger charge is -2.12. The fourth-order valence-electron chi connectivity index (χ4n) is 1.59. The Morgan fingerprint density at radius 2 is 2.44 bits per heavy atom. The fourth-order valence-corrected chi connectivity index (χ4v) is 1.59. The third-order valence-electron chi connectivity index (χ3n) is 2.77. The number of nitrogens with zero attached hydrogens (tertiary/aromatic N) is 3. The number of urea groups is 1. The second-order valence-electron chi connectivity index (χ2n) is 4.06. The van der Waals surface area contributed by atoms with Crippen LogP contribution < -0.4 is 10.6 Å². The van der Waals surface area contributed by atoms with Crippen molar-refractivity contribution < 1.29 is 9.59 Å². The molecule has 1 aliphatic rings. The van der Waals surface area contributed by atoms with E-state index in [1.165, 1.54) is 24.8 Å². The van der Waals surface area contributed by atoms with Crippen molar-refractivity contribution in [2.45, 2.75) is 19.4 Å². The SMILES string of the molecule is CN(C(N)=O)c1ncn(CC2CC2)c1C=O. The van der Waals surface area contributed by atoms with E-state index in [0.29, 0.717) is 23.7 Å². The van der Waals surface area contributed by atoms with Gasteiger partial charge in [-0.3, -0.25) is 9.69 Å². The lowest BCUT2D eigenvalue weighted by molar-refractivity contribution is 0.111. The van der Waals surface area contributed by atoms with Crippen LogP contribution in [0.25, 0.3) is 0 Å². The summed E-state index contributed by atoms with van der Waals surface area (Å²) >= 11 is 0. The van der Waals surface area contributed by atoms with Crippen LogP contribution in [0.2, 0.25) is 0 Å². The van der Waals surface area contributed by atoms with Crippen LogP contribution in [0.1, 0.15) is 23.3 Å². The number of amides is 2. The second-order valence-corrected chi connectivity index (χ2v) is 4.06. The van der Waals surface area contributed by atoms with Crippen molar-refractivity contribution in [3.63, 3.8) is 0 Å². The zero-order valence-electron chi connectivity index (χ0n) is 9.09. The molecule has 1 fully saturated rings. The number of aromatic nitrogens is 2. The first-order chi connectivity index (χ1) is 7.63. The normalized spacial score (nSPS) is 14.8. The number of anilines is 1. The van der Waals surface area contributed by atoms with Crippen LogP contribution in [0.3, 0.4) is 0 Å². The largest absolute Gasteiger partial charge is 0.351 e. The van der Waals surface area contributed by atoms with E-state index in [0.717, 1.165) is 6.54 Å². The van der Waals surface area contributed by atoms with Gasteiger partial charge in [-0.05, 0) is 18.8 Å². The Labute approximate surface area is 93.0 Å². The quantitative estimate of drug-likeness (QED) is 0.758.